The van der Waals surface area contributed by atoms with Crippen molar-refractivity contribution in [3.63, 3.8) is 0 Å². The van der Waals surface area contributed by atoms with Gasteiger partial charge in [0.25, 0.3) is 0 Å². The van der Waals surface area contributed by atoms with Gasteiger partial charge in [-0.3, -0.25) is 0 Å². The fourth-order valence-electron chi connectivity index (χ4n) is 0.0527. The Balaban J connectivity index is 0. The van der Waals surface area contributed by atoms with Gasteiger partial charge in [-0.2, -0.15) is 0 Å². The van der Waals surface area contributed by atoms with Gasteiger partial charge in [-0.1, -0.05) is 0 Å². The molecule has 0 aliphatic heterocycles. The molecule has 0 saturated heterocycles. The summed E-state index contributed by atoms with van der Waals surface area (Å²) in [5, 5.41) is 7.64. The van der Waals surface area contributed by atoms with Crippen LogP contribution in [0, 0.1) is 0 Å². The molecule has 0 aromatic rings. The zero-order valence-electron chi connectivity index (χ0n) is 3.88. The van der Waals surface area contributed by atoms with Crippen molar-refractivity contribution < 1.29 is 48.6 Å². The summed E-state index contributed by atoms with van der Waals surface area (Å²) in [4.78, 5) is 9.29. The van der Waals surface area contributed by atoms with Gasteiger partial charge in [0.1, 0.15) is 15.0 Å². The van der Waals surface area contributed by atoms with Crippen molar-refractivity contribution in [3.8, 4) is 0 Å². The van der Waals surface area contributed by atoms with Gasteiger partial charge in [0.15, 0.2) is 0 Å². The molecule has 0 aromatic carbocycles. The maximum Gasteiger partial charge on any atom is 1.00 e. The topological polar surface area (TPSA) is 69.6 Å². The largest absolute Gasteiger partial charge is 1.00 e. The molecule has 4 nitrogen and oxygen atoms in total. The van der Waals surface area contributed by atoms with E-state index in [1.54, 1.807) is 0 Å². The zero-order valence-corrected chi connectivity index (χ0v) is 6.88. The Morgan fingerprint density at radius 1 is 1.86 bits per heavy atom. The second kappa shape index (κ2) is 7.11. The quantitative estimate of drug-likeness (QED) is 0.235. The van der Waals surface area contributed by atoms with Crippen molar-refractivity contribution in [2.24, 2.45) is 0 Å². The van der Waals surface area contributed by atoms with E-state index >= 15 is 0 Å². The summed E-state index contributed by atoms with van der Waals surface area (Å²) in [7, 11) is -3.14. The first-order valence-electron chi connectivity index (χ1n) is 1.22. The van der Waals surface area contributed by atoms with Crippen LogP contribution in [0.5, 0.6) is 0 Å². The molecule has 0 heterocycles. The third kappa shape index (κ3) is 11.0. The second-order valence-corrected chi connectivity index (χ2v) is 1.31. The molecular weight excluding hydrogens is 130 g/mol. The van der Waals surface area contributed by atoms with E-state index in [0.29, 0.717) is 0 Å². The molecule has 0 aliphatic rings. The average Bonchev–Trinajstić information content (AvgIpc) is 1.35. The Bertz CT molecular complexity index is 55.7. The Morgan fingerprint density at radius 2 is 2.29 bits per heavy atom. The molecule has 6 heteroatoms. The third-order valence-electron chi connectivity index (χ3n) is 0.182. The van der Waals surface area contributed by atoms with Crippen molar-refractivity contribution in [2.45, 2.75) is 0 Å². The molecule has 1 unspecified atom stereocenters. The monoisotopic (exact) mass is 134 g/mol. The van der Waals surface area contributed by atoms with Crippen molar-refractivity contribution >= 4 is 8.25 Å². The van der Waals surface area contributed by atoms with Crippen LogP contribution >= 0.6 is 8.25 Å². The second-order valence-electron chi connectivity index (χ2n) is 0.523. The third-order valence-corrected chi connectivity index (χ3v) is 0.547. The predicted octanol–water partition coefficient (Wildman–Crippen LogP) is -4.29. The SMILES string of the molecule is O=[PH]([O-])OCO.[Na+]. The van der Waals surface area contributed by atoms with Crippen molar-refractivity contribution in [1.82, 2.24) is 0 Å². The van der Waals surface area contributed by atoms with Gasteiger partial charge in [0, 0.05) is 0 Å². The van der Waals surface area contributed by atoms with Crippen LogP contribution in [-0.2, 0) is 9.09 Å². The number of hydrogen-bond acceptors (Lipinski definition) is 4. The summed E-state index contributed by atoms with van der Waals surface area (Å²) < 4.78 is 12.9. The normalized spacial score (nSPS) is 12.3. The summed E-state index contributed by atoms with van der Waals surface area (Å²) in [6.45, 7) is -0.749. The zero-order chi connectivity index (χ0) is 4.99. The Morgan fingerprint density at radius 3 is 2.29 bits per heavy atom. The first kappa shape index (κ1) is 11.0. The smallest absolute Gasteiger partial charge is 0.781 e. The van der Waals surface area contributed by atoms with Crippen LogP contribution in [0.25, 0.3) is 0 Å². The van der Waals surface area contributed by atoms with Crippen LogP contribution in [0.1, 0.15) is 0 Å². The number of aliphatic hydroxyl groups is 1. The van der Waals surface area contributed by atoms with Gasteiger partial charge in [0.2, 0.25) is 0 Å². The molecule has 0 radical (unpaired) electrons. The Labute approximate surface area is 63.7 Å². The first-order valence-corrected chi connectivity index (χ1v) is 2.44. The van der Waals surface area contributed by atoms with Gasteiger partial charge >= 0.3 is 29.6 Å². The van der Waals surface area contributed by atoms with Crippen LogP contribution in [0.15, 0.2) is 0 Å². The molecule has 0 bridgehead atoms. The maximum atomic E-state index is 9.29. The van der Waals surface area contributed by atoms with E-state index < -0.39 is 15.0 Å². The van der Waals surface area contributed by atoms with E-state index in [0.717, 1.165) is 0 Å². The molecule has 0 amide bonds. The molecule has 0 fully saturated rings. The van der Waals surface area contributed by atoms with Crippen molar-refractivity contribution in [1.29, 1.82) is 0 Å². The van der Waals surface area contributed by atoms with E-state index in [9.17, 15) is 9.46 Å². The summed E-state index contributed by atoms with van der Waals surface area (Å²) in [6.07, 6.45) is 0. The van der Waals surface area contributed by atoms with Crippen LogP contribution in [0.4, 0.5) is 0 Å². The van der Waals surface area contributed by atoms with E-state index in [-0.39, 0.29) is 29.6 Å². The number of hydrogen-bond donors (Lipinski definition) is 1. The summed E-state index contributed by atoms with van der Waals surface area (Å²) in [5.74, 6) is 0. The standard InChI is InChI=1S/CH5O4P.Na/c2-1-5-6(3)4;/h2,6H,1H2,(H,3,4);/q;+1/p-1. The summed E-state index contributed by atoms with van der Waals surface area (Å²) >= 11 is 0. The molecule has 1 atom stereocenters. The van der Waals surface area contributed by atoms with E-state index in [4.69, 9.17) is 5.11 Å². The molecule has 0 saturated carbocycles. The number of rotatable bonds is 2. The van der Waals surface area contributed by atoms with Gasteiger partial charge in [-0.15, -0.1) is 0 Å². The summed E-state index contributed by atoms with van der Waals surface area (Å²) in [5.41, 5.74) is 0. The van der Waals surface area contributed by atoms with Crippen LogP contribution < -0.4 is 34.5 Å². The molecule has 1 N–H and O–H groups in total. The molecule has 0 aromatic heterocycles. The molecule has 0 spiro atoms. The van der Waals surface area contributed by atoms with Gasteiger partial charge < -0.3 is 19.1 Å². The van der Waals surface area contributed by atoms with Gasteiger partial charge in [0.05, 0.1) is 0 Å². The van der Waals surface area contributed by atoms with E-state index in [1.807, 2.05) is 0 Å². The van der Waals surface area contributed by atoms with Crippen LogP contribution in [-0.4, -0.2) is 11.9 Å². The molecule has 0 rings (SSSR count). The van der Waals surface area contributed by atoms with Crippen molar-refractivity contribution in [2.75, 3.05) is 6.79 Å². The predicted molar refractivity (Wildman–Crippen MR) is 17.2 cm³/mol. The fourth-order valence-corrected chi connectivity index (χ4v) is 0.158. The average molecular weight is 134 g/mol. The van der Waals surface area contributed by atoms with E-state index in [1.165, 1.54) is 0 Å². The summed E-state index contributed by atoms with van der Waals surface area (Å²) in [6, 6.07) is 0. The molecular formula is CH4NaO4P. The minimum Gasteiger partial charge on any atom is -0.781 e. The van der Waals surface area contributed by atoms with Gasteiger partial charge in [-0.25, -0.2) is 0 Å². The van der Waals surface area contributed by atoms with Crippen LogP contribution in [0.3, 0.4) is 0 Å². The maximum absolute atomic E-state index is 9.29. The Kier molecular flexibility index (Phi) is 11.2. The molecule has 7 heavy (non-hydrogen) atoms. The minimum atomic E-state index is -3.14. The minimum absolute atomic E-state index is 0. The molecule has 38 valence electrons. The Hall–Kier alpha value is 1.11. The number of aliphatic hydroxyl groups excluding tert-OH is 1. The van der Waals surface area contributed by atoms with Crippen molar-refractivity contribution in [3.05, 3.63) is 0 Å². The molecule has 0 aliphatic carbocycles. The van der Waals surface area contributed by atoms with E-state index in [2.05, 4.69) is 4.52 Å². The van der Waals surface area contributed by atoms with Gasteiger partial charge in [-0.05, 0) is 0 Å². The first-order chi connectivity index (χ1) is 2.77. The van der Waals surface area contributed by atoms with Crippen LogP contribution in [0.2, 0.25) is 0 Å². The fraction of sp³-hybridized carbons (Fsp3) is 1.00.